The largest absolute Gasteiger partial charge is 0.769 e. The van der Waals surface area contributed by atoms with E-state index in [9.17, 15) is 15.7 Å². The van der Waals surface area contributed by atoms with Crippen molar-refractivity contribution in [2.75, 3.05) is 10.5 Å². The van der Waals surface area contributed by atoms with Gasteiger partial charge < -0.3 is 20.6 Å². The monoisotopic (exact) mass is 369 g/mol. The maximum Gasteiger partial charge on any atom is 0.182 e. The van der Waals surface area contributed by atoms with E-state index in [4.69, 9.17) is 22.6 Å². The van der Waals surface area contributed by atoms with Crippen molar-refractivity contribution in [2.24, 2.45) is 0 Å². The van der Waals surface area contributed by atoms with E-state index in [0.717, 1.165) is 0 Å². The molecule has 0 aliphatic rings. The number of allylic oxidation sites excluding steroid dienone is 1. The van der Waals surface area contributed by atoms with Crippen molar-refractivity contribution >= 4 is 46.4 Å². The van der Waals surface area contributed by atoms with Crippen LogP contribution in [0.1, 0.15) is 5.56 Å². The Labute approximate surface area is 151 Å². The van der Waals surface area contributed by atoms with Gasteiger partial charge in [0.25, 0.3) is 0 Å². The number of nitrogens with zero attached hydrogens (tertiary/aromatic N) is 4. The second-order valence-electron chi connectivity index (χ2n) is 5.25. The smallest absolute Gasteiger partial charge is 0.182 e. The first-order valence-corrected chi connectivity index (χ1v) is 7.60. The molecule has 0 saturated carbocycles. The summed E-state index contributed by atoms with van der Waals surface area (Å²) in [6.07, 6.45) is 1.47. The van der Waals surface area contributed by atoms with Crippen molar-refractivity contribution in [3.63, 3.8) is 0 Å². The molecule has 0 radical (unpaired) electrons. The molecule has 9 nitrogen and oxygen atoms in total. The van der Waals surface area contributed by atoms with Gasteiger partial charge >= 0.3 is 0 Å². The Hall–Kier alpha value is -3.20. The second-order valence-corrected chi connectivity index (χ2v) is 5.64. The highest BCUT2D eigenvalue weighted by Crippen LogP contribution is 2.24. The maximum atomic E-state index is 11.0. The fraction of sp³-hybridized carbons (Fsp3) is 0. The molecule has 0 spiro atoms. The predicted octanol–water partition coefficient (Wildman–Crippen LogP) is 3.61. The molecule has 3 N–H and O–H groups in total. The van der Waals surface area contributed by atoms with Crippen molar-refractivity contribution in [3.8, 4) is 6.07 Å². The lowest BCUT2D eigenvalue weighted by molar-refractivity contribution is 0.0291. The summed E-state index contributed by atoms with van der Waals surface area (Å²) in [5.74, 6) is 0. The van der Waals surface area contributed by atoms with Gasteiger partial charge in [0.15, 0.2) is 4.77 Å². The number of hydrogen-bond acceptors (Lipinski definition) is 8. The third-order valence-electron chi connectivity index (χ3n) is 3.70. The molecule has 10 heteroatoms. The van der Waals surface area contributed by atoms with E-state index < -0.39 is 5.23 Å². The van der Waals surface area contributed by atoms with Crippen LogP contribution in [0.15, 0.2) is 42.5 Å². The molecule has 0 fully saturated rings. The number of fused-ring (bicyclic) bond motifs is 1. The van der Waals surface area contributed by atoms with Crippen LogP contribution in [0.2, 0.25) is 0 Å². The minimum atomic E-state index is -0.511. The summed E-state index contributed by atoms with van der Waals surface area (Å²) >= 11 is 5.24. The van der Waals surface area contributed by atoms with E-state index in [0.29, 0.717) is 16.6 Å². The number of imidazole rings is 1. The first-order valence-electron chi connectivity index (χ1n) is 7.19. The zero-order chi connectivity index (χ0) is 18.8. The quantitative estimate of drug-likeness (QED) is 0.360. The van der Waals surface area contributed by atoms with Gasteiger partial charge in [0.2, 0.25) is 0 Å². The third-order valence-corrected chi connectivity index (χ3v) is 4.00. The minimum Gasteiger partial charge on any atom is -0.769 e. The molecule has 0 aliphatic heterocycles. The average molecular weight is 369 g/mol. The molecule has 0 amide bonds. The van der Waals surface area contributed by atoms with Crippen molar-refractivity contribution in [1.29, 1.82) is 5.26 Å². The van der Waals surface area contributed by atoms with Gasteiger partial charge in [0.05, 0.1) is 22.3 Å². The molecule has 0 aliphatic carbocycles. The molecular formula is C16H11N5O4S-2. The number of aromatic nitrogens is 2. The Morgan fingerprint density at radius 1 is 1.15 bits per heavy atom. The highest BCUT2D eigenvalue weighted by Gasteiger charge is 2.08. The molecule has 132 valence electrons. The Kier molecular flexibility index (Phi) is 4.72. The number of H-pyrrole nitrogens is 1. The van der Waals surface area contributed by atoms with E-state index in [-0.39, 0.29) is 26.9 Å². The number of benzene rings is 2. The molecule has 0 atom stereocenters. The number of nitrogens with one attached hydrogen (secondary N) is 1. The zero-order valence-corrected chi connectivity index (χ0v) is 13.8. The number of rotatable bonds is 4. The molecule has 3 rings (SSSR count). The van der Waals surface area contributed by atoms with Gasteiger partial charge in [-0.05, 0) is 48.1 Å². The first kappa shape index (κ1) is 17.6. The lowest BCUT2D eigenvalue weighted by atomic mass is 10.1. The molecule has 0 bridgehead atoms. The van der Waals surface area contributed by atoms with Crippen LogP contribution in [0.5, 0.6) is 0 Å². The van der Waals surface area contributed by atoms with Crippen LogP contribution in [0, 0.1) is 26.5 Å². The van der Waals surface area contributed by atoms with Gasteiger partial charge in [-0.3, -0.25) is 15.0 Å². The molecular weight excluding hydrogens is 358 g/mol. The summed E-state index contributed by atoms with van der Waals surface area (Å²) in [6.45, 7) is 0. The lowest BCUT2D eigenvalue weighted by Gasteiger charge is -2.37. The molecule has 1 aromatic heterocycles. The molecule has 3 aromatic rings. The van der Waals surface area contributed by atoms with E-state index in [1.165, 1.54) is 47.2 Å². The SMILES string of the molecule is N#C/C(=C\n1c(=S)[nH]c2ccc(N([O-])[O-])cc21)c1ccc(N(O)O)cc1. The van der Waals surface area contributed by atoms with Gasteiger partial charge in [0, 0.05) is 11.9 Å². The van der Waals surface area contributed by atoms with Crippen LogP contribution >= 0.6 is 12.2 Å². The molecule has 1 heterocycles. The van der Waals surface area contributed by atoms with Crippen LogP contribution in [0.3, 0.4) is 0 Å². The number of anilines is 2. The first-order chi connectivity index (χ1) is 12.4. The predicted molar refractivity (Wildman–Crippen MR) is 98.6 cm³/mol. The minimum absolute atomic E-state index is 0.0333. The van der Waals surface area contributed by atoms with Crippen molar-refractivity contribution in [2.45, 2.75) is 0 Å². The molecule has 2 aromatic carbocycles. The lowest BCUT2D eigenvalue weighted by Crippen LogP contribution is -2.10. The summed E-state index contributed by atoms with van der Waals surface area (Å²) in [5, 5.41) is 48.9. The fourth-order valence-electron chi connectivity index (χ4n) is 2.42. The van der Waals surface area contributed by atoms with Crippen LogP contribution in [0.4, 0.5) is 11.4 Å². The van der Waals surface area contributed by atoms with Gasteiger partial charge in [0.1, 0.15) is 6.07 Å². The van der Waals surface area contributed by atoms with Crippen LogP contribution in [0.25, 0.3) is 22.8 Å². The number of hydrogen-bond donors (Lipinski definition) is 3. The second kappa shape index (κ2) is 6.96. The third kappa shape index (κ3) is 3.29. The van der Waals surface area contributed by atoms with Gasteiger partial charge in [-0.1, -0.05) is 12.1 Å². The topological polar surface area (TPSA) is 138 Å². The molecule has 0 unspecified atom stereocenters. The Morgan fingerprint density at radius 2 is 1.81 bits per heavy atom. The van der Waals surface area contributed by atoms with Crippen molar-refractivity contribution in [3.05, 3.63) is 63.2 Å². The Balaban J connectivity index is 2.12. The Morgan fingerprint density at radius 3 is 2.38 bits per heavy atom. The summed E-state index contributed by atoms with van der Waals surface area (Å²) in [7, 11) is 0. The summed E-state index contributed by atoms with van der Waals surface area (Å²) < 4.78 is 1.76. The zero-order valence-electron chi connectivity index (χ0n) is 13.0. The van der Waals surface area contributed by atoms with Crippen molar-refractivity contribution < 1.29 is 10.4 Å². The fourth-order valence-corrected chi connectivity index (χ4v) is 2.68. The number of nitriles is 1. The van der Waals surface area contributed by atoms with Crippen LogP contribution in [-0.2, 0) is 0 Å². The summed E-state index contributed by atoms with van der Waals surface area (Å²) in [6, 6.07) is 12.2. The highest BCUT2D eigenvalue weighted by atomic mass is 32.1. The van der Waals surface area contributed by atoms with Gasteiger partial charge in [-0.15, -0.1) is 5.23 Å². The van der Waals surface area contributed by atoms with E-state index in [1.54, 1.807) is 6.07 Å². The van der Waals surface area contributed by atoms with E-state index >= 15 is 0 Å². The van der Waals surface area contributed by atoms with E-state index in [2.05, 4.69) is 4.98 Å². The van der Waals surface area contributed by atoms with Crippen molar-refractivity contribution in [1.82, 2.24) is 9.55 Å². The normalized spacial score (nSPS) is 11.4. The van der Waals surface area contributed by atoms with Crippen LogP contribution in [-0.4, -0.2) is 20.0 Å². The van der Waals surface area contributed by atoms with E-state index in [1.807, 2.05) is 6.07 Å². The maximum absolute atomic E-state index is 11.0. The summed E-state index contributed by atoms with van der Waals surface area (Å²) in [5.41, 5.74) is 1.85. The number of aromatic amines is 1. The van der Waals surface area contributed by atoms with Gasteiger partial charge in [-0.2, -0.15) is 5.26 Å². The average Bonchev–Trinajstić information content (AvgIpc) is 2.94. The van der Waals surface area contributed by atoms with Crippen LogP contribution < -0.4 is 10.5 Å². The van der Waals surface area contributed by atoms with Gasteiger partial charge in [-0.25, -0.2) is 0 Å². The molecule has 26 heavy (non-hydrogen) atoms. The Bertz CT molecular complexity index is 1080. The standard InChI is InChI=1S/C16H11N5O4S/c17-8-11(10-1-3-12(4-2-10)20(22)23)9-19-15-7-13(21(24)25)5-6-14(15)18-16(19)26/h1-7,9,22-23H,(H,18,26)/q-2/b11-9+. The summed E-state index contributed by atoms with van der Waals surface area (Å²) in [4.78, 5) is 2.93. The highest BCUT2D eigenvalue weighted by molar-refractivity contribution is 7.71. The molecule has 0 saturated heterocycles.